The topological polar surface area (TPSA) is 73.1 Å². The molecule has 0 bridgehead atoms. The Bertz CT molecular complexity index is 1090. The average molecular weight is 441 g/mol. The minimum atomic E-state index is -0.568. The van der Waals surface area contributed by atoms with E-state index in [-0.39, 0.29) is 22.3 Å². The van der Waals surface area contributed by atoms with Gasteiger partial charge in [-0.1, -0.05) is 49.8 Å². The molecular formula is C24H26ClFN4O. The predicted molar refractivity (Wildman–Crippen MR) is 128 cm³/mol. The van der Waals surface area contributed by atoms with E-state index < -0.39 is 5.82 Å². The van der Waals surface area contributed by atoms with E-state index in [9.17, 15) is 4.39 Å². The number of rotatable bonds is 6. The second kappa shape index (κ2) is 11.1. The van der Waals surface area contributed by atoms with Gasteiger partial charge in [0.25, 0.3) is 0 Å². The minimum absolute atomic E-state index is 0.0123. The highest BCUT2D eigenvalue weighted by Crippen LogP contribution is 2.34. The standard InChI is InChI=1S/C22H20ClFN4O.C2H6/c1-4-16-14(11-13(2)3)7-9-27-22(16)28-15-5-6-18(17(24)12-15)29-19-8-10-26-21(25)20(19)23;1-2/h4-12H,1H2,2-3H3,(H2,25,26)(H,27,28);1-2H3. The van der Waals surface area contributed by atoms with E-state index in [4.69, 9.17) is 22.1 Å². The second-order valence-electron chi connectivity index (χ2n) is 6.47. The van der Waals surface area contributed by atoms with Gasteiger partial charge in [-0.2, -0.15) is 0 Å². The van der Waals surface area contributed by atoms with E-state index in [1.807, 2.05) is 39.8 Å². The largest absolute Gasteiger partial charge is 0.453 e. The van der Waals surface area contributed by atoms with Gasteiger partial charge in [-0.25, -0.2) is 14.4 Å². The Kier molecular flexibility index (Phi) is 8.58. The van der Waals surface area contributed by atoms with Crippen LogP contribution in [-0.4, -0.2) is 9.97 Å². The maximum Gasteiger partial charge on any atom is 0.167 e. The molecule has 0 amide bonds. The quantitative estimate of drug-likeness (QED) is 0.415. The second-order valence-corrected chi connectivity index (χ2v) is 6.85. The molecule has 0 aliphatic carbocycles. The van der Waals surface area contributed by atoms with Gasteiger partial charge in [0.1, 0.15) is 16.7 Å². The number of hydrogen-bond acceptors (Lipinski definition) is 5. The third kappa shape index (κ3) is 6.06. The van der Waals surface area contributed by atoms with Gasteiger partial charge in [0.2, 0.25) is 0 Å². The van der Waals surface area contributed by atoms with Crippen molar-refractivity contribution in [1.82, 2.24) is 9.97 Å². The van der Waals surface area contributed by atoms with Gasteiger partial charge in [0.15, 0.2) is 17.3 Å². The molecule has 0 radical (unpaired) electrons. The predicted octanol–water partition coefficient (Wildman–Crippen LogP) is 7.48. The molecule has 3 rings (SSSR count). The highest BCUT2D eigenvalue weighted by molar-refractivity contribution is 6.34. The van der Waals surface area contributed by atoms with Crippen molar-refractivity contribution < 1.29 is 9.13 Å². The smallest absolute Gasteiger partial charge is 0.167 e. The van der Waals surface area contributed by atoms with Crippen LogP contribution in [0.3, 0.4) is 0 Å². The number of hydrogen-bond donors (Lipinski definition) is 2. The monoisotopic (exact) mass is 440 g/mol. The Balaban J connectivity index is 0.00000166. The van der Waals surface area contributed by atoms with Crippen LogP contribution in [0.2, 0.25) is 5.02 Å². The van der Waals surface area contributed by atoms with Crippen LogP contribution in [0.4, 0.5) is 21.7 Å². The summed E-state index contributed by atoms with van der Waals surface area (Å²) in [5.74, 6) is 0.360. The first-order chi connectivity index (χ1) is 14.9. The van der Waals surface area contributed by atoms with E-state index in [0.717, 1.165) is 16.7 Å². The van der Waals surface area contributed by atoms with Crippen LogP contribution < -0.4 is 15.8 Å². The highest BCUT2D eigenvalue weighted by Gasteiger charge is 2.12. The summed E-state index contributed by atoms with van der Waals surface area (Å²) < 4.78 is 20.1. The number of nitrogens with two attached hydrogens (primary N) is 1. The van der Waals surface area contributed by atoms with Crippen LogP contribution in [0, 0.1) is 5.82 Å². The Morgan fingerprint density at radius 2 is 1.84 bits per heavy atom. The van der Waals surface area contributed by atoms with Crippen molar-refractivity contribution in [1.29, 1.82) is 0 Å². The number of benzene rings is 1. The molecule has 2 aromatic heterocycles. The lowest BCUT2D eigenvalue weighted by atomic mass is 10.1. The molecule has 7 heteroatoms. The molecule has 5 nitrogen and oxygen atoms in total. The SMILES string of the molecule is C=Cc1c(C=C(C)C)ccnc1Nc1ccc(Oc2ccnc(N)c2Cl)c(F)c1.CC. The number of halogens is 2. The Morgan fingerprint density at radius 1 is 1.13 bits per heavy atom. The lowest BCUT2D eigenvalue weighted by molar-refractivity contribution is 0.442. The van der Waals surface area contributed by atoms with Crippen molar-refractivity contribution in [3.63, 3.8) is 0 Å². The molecule has 1 aromatic carbocycles. The van der Waals surface area contributed by atoms with Crippen molar-refractivity contribution in [3.8, 4) is 11.5 Å². The fourth-order valence-corrected chi connectivity index (χ4v) is 2.83. The number of ether oxygens (including phenoxy) is 1. The van der Waals surface area contributed by atoms with Crippen molar-refractivity contribution in [3.05, 3.63) is 76.8 Å². The van der Waals surface area contributed by atoms with Gasteiger partial charge in [0.05, 0.1) is 0 Å². The molecule has 0 aliphatic heterocycles. The first-order valence-corrected chi connectivity index (χ1v) is 10.2. The Morgan fingerprint density at radius 3 is 2.48 bits per heavy atom. The summed E-state index contributed by atoms with van der Waals surface area (Å²) in [5.41, 5.74) is 9.11. The number of nitrogens with one attached hydrogen (secondary N) is 1. The average Bonchev–Trinajstić information content (AvgIpc) is 2.74. The molecule has 0 spiro atoms. The maximum absolute atomic E-state index is 14.6. The van der Waals surface area contributed by atoms with E-state index in [1.54, 1.807) is 18.3 Å². The lowest BCUT2D eigenvalue weighted by Gasteiger charge is -2.13. The number of anilines is 3. The molecule has 0 aliphatic rings. The summed E-state index contributed by atoms with van der Waals surface area (Å²) in [4.78, 5) is 8.20. The van der Waals surface area contributed by atoms with Gasteiger partial charge < -0.3 is 15.8 Å². The van der Waals surface area contributed by atoms with Crippen LogP contribution >= 0.6 is 11.6 Å². The molecule has 3 N–H and O–H groups in total. The maximum atomic E-state index is 14.6. The van der Waals surface area contributed by atoms with E-state index in [2.05, 4.69) is 21.9 Å². The minimum Gasteiger partial charge on any atom is -0.453 e. The number of aromatic nitrogens is 2. The van der Waals surface area contributed by atoms with Gasteiger partial charge in [-0.15, -0.1) is 0 Å². The van der Waals surface area contributed by atoms with Crippen molar-refractivity contribution in [2.45, 2.75) is 27.7 Å². The first kappa shape index (κ1) is 23.9. The lowest BCUT2D eigenvalue weighted by Crippen LogP contribution is -1.99. The molecule has 162 valence electrons. The van der Waals surface area contributed by atoms with Gasteiger partial charge in [-0.3, -0.25) is 0 Å². The molecular weight excluding hydrogens is 415 g/mol. The van der Waals surface area contributed by atoms with Crippen molar-refractivity contribution in [2.75, 3.05) is 11.1 Å². The van der Waals surface area contributed by atoms with Gasteiger partial charge in [-0.05, 0) is 37.6 Å². The molecule has 0 saturated carbocycles. The van der Waals surface area contributed by atoms with Gasteiger partial charge >= 0.3 is 0 Å². The van der Waals surface area contributed by atoms with E-state index >= 15 is 0 Å². The number of allylic oxidation sites excluding steroid dienone is 1. The van der Waals surface area contributed by atoms with E-state index in [0.29, 0.717) is 11.5 Å². The Labute approximate surface area is 187 Å². The fourth-order valence-electron chi connectivity index (χ4n) is 2.68. The number of nitrogen functional groups attached to an aromatic ring is 1. The van der Waals surface area contributed by atoms with Crippen LogP contribution in [0.1, 0.15) is 38.8 Å². The van der Waals surface area contributed by atoms with Crippen LogP contribution in [0.25, 0.3) is 12.2 Å². The molecule has 31 heavy (non-hydrogen) atoms. The number of pyridine rings is 2. The number of nitrogens with zero attached hydrogens (tertiary/aromatic N) is 2. The molecule has 0 atom stereocenters. The first-order valence-electron chi connectivity index (χ1n) is 9.79. The zero-order valence-corrected chi connectivity index (χ0v) is 18.8. The molecule has 0 fully saturated rings. The Hall–Kier alpha value is -3.38. The summed E-state index contributed by atoms with van der Waals surface area (Å²) >= 11 is 6.05. The molecule has 0 unspecified atom stereocenters. The summed E-state index contributed by atoms with van der Waals surface area (Å²) in [6, 6.07) is 7.91. The third-order valence-electron chi connectivity index (χ3n) is 3.97. The van der Waals surface area contributed by atoms with Gasteiger partial charge in [0, 0.05) is 35.8 Å². The van der Waals surface area contributed by atoms with Crippen molar-refractivity contribution in [2.24, 2.45) is 0 Å². The zero-order valence-electron chi connectivity index (χ0n) is 18.0. The van der Waals surface area contributed by atoms with Crippen LogP contribution in [0.15, 0.2) is 54.9 Å². The molecule has 2 heterocycles. The summed E-state index contributed by atoms with van der Waals surface area (Å²) in [6.45, 7) is 11.9. The zero-order chi connectivity index (χ0) is 23.0. The molecule has 3 aromatic rings. The summed E-state index contributed by atoms with van der Waals surface area (Å²) in [5, 5.41) is 3.26. The van der Waals surface area contributed by atoms with Crippen LogP contribution in [-0.2, 0) is 0 Å². The van der Waals surface area contributed by atoms with Crippen LogP contribution in [0.5, 0.6) is 11.5 Å². The highest BCUT2D eigenvalue weighted by atomic mass is 35.5. The van der Waals surface area contributed by atoms with Crippen molar-refractivity contribution >= 4 is 41.1 Å². The normalized spacial score (nSPS) is 9.87. The fraction of sp³-hybridized carbons (Fsp3) is 0.167. The van der Waals surface area contributed by atoms with E-state index in [1.165, 1.54) is 24.4 Å². The summed E-state index contributed by atoms with van der Waals surface area (Å²) in [7, 11) is 0. The third-order valence-corrected chi connectivity index (χ3v) is 4.35. The summed E-state index contributed by atoms with van der Waals surface area (Å²) in [6.07, 6.45) is 6.87. The molecule has 0 saturated heterocycles.